The lowest BCUT2D eigenvalue weighted by molar-refractivity contribution is -0.0753. The molecule has 1 amide bonds. The van der Waals surface area contributed by atoms with Crippen molar-refractivity contribution in [2.24, 2.45) is 17.8 Å². The van der Waals surface area contributed by atoms with Gasteiger partial charge in [0, 0.05) is 53.9 Å². The number of amides is 1. The minimum atomic E-state index is -2.97. The Bertz CT molecular complexity index is 1870. The molecule has 8 nitrogen and oxygen atoms in total. The van der Waals surface area contributed by atoms with Crippen LogP contribution in [-0.2, 0) is 32.7 Å². The van der Waals surface area contributed by atoms with Gasteiger partial charge in [-0.15, -0.1) is 0 Å². The average molecular weight is 706 g/mol. The van der Waals surface area contributed by atoms with Crippen LogP contribution in [0.2, 0.25) is 5.02 Å². The van der Waals surface area contributed by atoms with E-state index in [1.54, 1.807) is 13.2 Å². The highest BCUT2D eigenvalue weighted by molar-refractivity contribution is 7.99. The Balaban J connectivity index is 1.34. The monoisotopic (exact) mass is 705 g/mol. The zero-order valence-corrected chi connectivity index (χ0v) is 30.6. The van der Waals surface area contributed by atoms with Gasteiger partial charge in [0.25, 0.3) is 5.91 Å². The van der Waals surface area contributed by atoms with E-state index in [2.05, 4.69) is 51.9 Å². The van der Waals surface area contributed by atoms with E-state index in [-0.39, 0.29) is 28.4 Å². The number of carbonyl (C=O) groups is 1. The van der Waals surface area contributed by atoms with Crippen LogP contribution in [0.3, 0.4) is 0 Å². The molecule has 7 rings (SSSR count). The van der Waals surface area contributed by atoms with E-state index < -0.39 is 15.3 Å². The predicted molar refractivity (Wildman–Crippen MR) is 196 cm³/mol. The summed E-state index contributed by atoms with van der Waals surface area (Å²) in [6.07, 6.45) is 10.7. The molecule has 2 aliphatic heterocycles. The molecule has 3 heterocycles. The number of rotatable bonds is 3. The number of hydrogen-bond acceptors (Lipinski definition) is 7. The lowest BCUT2D eigenvalue weighted by atomic mass is 9.62. The molecule has 3 aromatic rings. The second-order valence-corrected chi connectivity index (χ2v) is 17.8. The highest BCUT2D eigenvalue weighted by Gasteiger charge is 2.49. The Labute approximate surface area is 295 Å². The van der Waals surface area contributed by atoms with Crippen LogP contribution in [0.4, 0.5) is 5.69 Å². The number of halogens is 1. The van der Waals surface area contributed by atoms with Gasteiger partial charge >= 0.3 is 0 Å². The van der Waals surface area contributed by atoms with Gasteiger partial charge in [0.15, 0.2) is 0 Å². The first-order valence-electron chi connectivity index (χ1n) is 17.6. The first-order valence-corrected chi connectivity index (χ1v) is 19.7. The summed E-state index contributed by atoms with van der Waals surface area (Å²) in [6, 6.07) is 13.9. The van der Waals surface area contributed by atoms with Crippen LogP contribution >= 0.6 is 11.6 Å². The second kappa shape index (κ2) is 13.1. The lowest BCUT2D eigenvalue weighted by Gasteiger charge is -2.50. The maximum Gasteiger partial charge on any atom is 0.262 e. The van der Waals surface area contributed by atoms with Crippen LogP contribution in [0.1, 0.15) is 78.9 Å². The molecule has 1 aromatic heterocycles. The highest BCUT2D eigenvalue weighted by Crippen LogP contribution is 2.49. The molecule has 2 aliphatic carbocycles. The fourth-order valence-electron chi connectivity index (χ4n) is 8.72. The lowest BCUT2D eigenvalue weighted by Crippen LogP contribution is -2.54. The first-order chi connectivity index (χ1) is 23.4. The molecule has 1 spiro atoms. The molecule has 1 saturated carbocycles. The molecule has 2 aromatic carbocycles. The Kier molecular flexibility index (Phi) is 9.16. The summed E-state index contributed by atoms with van der Waals surface area (Å²) in [4.78, 5) is 16.2. The van der Waals surface area contributed by atoms with Crippen LogP contribution in [0.25, 0.3) is 0 Å². The number of ether oxygens (including phenoxy) is 2. The number of aryl methyl sites for hydroxylation is 2. The summed E-state index contributed by atoms with van der Waals surface area (Å²) >= 11 is 6.48. The van der Waals surface area contributed by atoms with Crippen LogP contribution < -0.4 is 14.4 Å². The topological polar surface area (TPSA) is 93.9 Å². The number of aromatic nitrogens is 1. The molecule has 1 unspecified atom stereocenters. The molecular weight excluding hydrogens is 658 g/mol. The number of anilines is 1. The summed E-state index contributed by atoms with van der Waals surface area (Å²) < 4.78 is 35.5. The number of allylic oxidation sites excluding steroid dienone is 1. The van der Waals surface area contributed by atoms with Gasteiger partial charge in [-0.25, -0.2) is 4.21 Å². The van der Waals surface area contributed by atoms with Crippen LogP contribution in [0, 0.1) is 24.7 Å². The number of fused-ring (bicyclic) bond motifs is 4. The van der Waals surface area contributed by atoms with E-state index in [9.17, 15) is 9.00 Å². The average Bonchev–Trinajstić information content (AvgIpc) is 3.40. The van der Waals surface area contributed by atoms with Gasteiger partial charge in [-0.1, -0.05) is 41.9 Å². The largest absolute Gasteiger partial charge is 0.490 e. The minimum Gasteiger partial charge on any atom is -0.490 e. The maximum absolute atomic E-state index is 13.9. The molecule has 49 heavy (non-hydrogen) atoms. The zero-order chi connectivity index (χ0) is 34.6. The summed E-state index contributed by atoms with van der Waals surface area (Å²) in [5, 5.41) is 4.77. The van der Waals surface area contributed by atoms with Crippen molar-refractivity contribution >= 4 is 38.8 Å². The van der Waals surface area contributed by atoms with Gasteiger partial charge in [-0.3, -0.25) is 9.52 Å². The van der Waals surface area contributed by atoms with Crippen molar-refractivity contribution in [3.05, 3.63) is 87.8 Å². The van der Waals surface area contributed by atoms with Gasteiger partial charge < -0.3 is 18.9 Å². The van der Waals surface area contributed by atoms with Gasteiger partial charge in [-0.2, -0.15) is 0 Å². The SMILES string of the molecule is C=S1(=O)NC(=O)c2ccc3c(c2)N(C[C@@H]2CC[C@H]2[C@](Cc2cc(C)on2)(OC)/C=C/C[C@H](C)[C@H]1C)C[C@@]1(CCCc2cc(Cl)ccc21)CO3. The first kappa shape index (κ1) is 34.2. The molecule has 262 valence electrons. The number of methoxy groups -OCH3 is 1. The van der Waals surface area contributed by atoms with Crippen molar-refractivity contribution in [2.45, 2.75) is 82.0 Å². The highest BCUT2D eigenvalue weighted by atomic mass is 35.5. The fourth-order valence-corrected chi connectivity index (χ4v) is 10.4. The molecule has 10 heteroatoms. The summed E-state index contributed by atoms with van der Waals surface area (Å²) in [6.45, 7) is 7.91. The van der Waals surface area contributed by atoms with E-state index in [1.807, 2.05) is 38.1 Å². The smallest absolute Gasteiger partial charge is 0.262 e. The standard InChI is InChI=1S/C39H48ClN3O5S/c1-25-8-6-17-39(46-4,21-32-18-26(2)48-41-32)34-13-10-30(34)22-43-23-38(16-7-9-28-19-31(40)12-14-33(28)38)24-47-36-15-11-29(20-35(36)43)37(44)42-49(5,45)27(25)3/h6,11-12,14-15,17-20,25,27,30,34H,5,7-10,13,16,21-24H2,1-4H3,(H,42,44,45)/b17-6+/t25-,27+,30-,34+,38-,39-,49?/m0/s1. The van der Waals surface area contributed by atoms with Crippen LogP contribution in [-0.4, -0.2) is 58.8 Å². The number of hydrogen-bond donors (Lipinski definition) is 1. The molecule has 0 saturated heterocycles. The number of nitrogens with zero attached hydrogens (tertiary/aromatic N) is 2. The van der Waals surface area contributed by atoms with Gasteiger partial charge in [-0.05, 0) is 117 Å². The van der Waals surface area contributed by atoms with Crippen molar-refractivity contribution in [2.75, 3.05) is 31.7 Å². The quantitative estimate of drug-likeness (QED) is 0.229. The van der Waals surface area contributed by atoms with Crippen LogP contribution in [0.5, 0.6) is 5.75 Å². The summed E-state index contributed by atoms with van der Waals surface area (Å²) in [5.41, 5.74) is 3.91. The Morgan fingerprint density at radius 3 is 2.76 bits per heavy atom. The molecule has 4 aliphatic rings. The number of nitrogens with one attached hydrogen (secondary N) is 1. The van der Waals surface area contributed by atoms with Crippen molar-refractivity contribution in [1.29, 1.82) is 0 Å². The maximum atomic E-state index is 13.9. The van der Waals surface area contributed by atoms with E-state index in [0.717, 1.165) is 73.1 Å². The normalized spacial score (nSPS) is 33.7. The Morgan fingerprint density at radius 1 is 1.18 bits per heavy atom. The molecule has 2 bridgehead atoms. The summed E-state index contributed by atoms with van der Waals surface area (Å²) in [5.74, 6) is 5.70. The summed E-state index contributed by atoms with van der Waals surface area (Å²) in [7, 11) is -1.17. The minimum absolute atomic E-state index is 0.00382. The molecule has 1 N–H and O–H groups in total. The van der Waals surface area contributed by atoms with Gasteiger partial charge in [0.05, 0.1) is 33.3 Å². The third-order valence-corrected chi connectivity index (χ3v) is 14.3. The van der Waals surface area contributed by atoms with Gasteiger partial charge in [0.1, 0.15) is 11.5 Å². The van der Waals surface area contributed by atoms with E-state index >= 15 is 0 Å². The van der Waals surface area contributed by atoms with Crippen molar-refractivity contribution in [3.63, 3.8) is 0 Å². The van der Waals surface area contributed by atoms with Crippen molar-refractivity contribution in [1.82, 2.24) is 9.88 Å². The molecule has 7 atom stereocenters. The number of carbonyl (C=O) groups excluding carboxylic acids is 1. The van der Waals surface area contributed by atoms with E-state index in [1.165, 1.54) is 11.1 Å². The third-order valence-electron chi connectivity index (χ3n) is 11.9. The van der Waals surface area contributed by atoms with Gasteiger partial charge in [0.2, 0.25) is 0 Å². The molecule has 0 radical (unpaired) electrons. The van der Waals surface area contributed by atoms with Crippen molar-refractivity contribution in [3.8, 4) is 5.75 Å². The molecule has 1 fully saturated rings. The number of benzene rings is 2. The van der Waals surface area contributed by atoms with E-state index in [4.69, 9.17) is 25.6 Å². The van der Waals surface area contributed by atoms with Crippen LogP contribution in [0.15, 0.2) is 59.1 Å². The second-order valence-electron chi connectivity index (χ2n) is 15.0. The Morgan fingerprint density at radius 2 is 2.02 bits per heavy atom. The van der Waals surface area contributed by atoms with Crippen molar-refractivity contribution < 1.29 is 23.0 Å². The third kappa shape index (κ3) is 6.43. The Hall–Kier alpha value is -3.27. The predicted octanol–water partition coefficient (Wildman–Crippen LogP) is 7.11. The molecular formula is C39H48ClN3O5S. The fraction of sp³-hybridized carbons (Fsp3) is 0.513. The van der Waals surface area contributed by atoms with E-state index in [0.29, 0.717) is 30.9 Å². The zero-order valence-electron chi connectivity index (χ0n) is 29.0.